The molecule has 0 aromatic carbocycles. The second-order valence-corrected chi connectivity index (χ2v) is 5.30. The summed E-state index contributed by atoms with van der Waals surface area (Å²) in [6, 6.07) is 0. The number of aromatic carboxylic acids is 1. The van der Waals surface area contributed by atoms with Crippen molar-refractivity contribution in [3.8, 4) is 0 Å². The Morgan fingerprint density at radius 3 is 2.81 bits per heavy atom. The Labute approximate surface area is 122 Å². The monoisotopic (exact) mass is 293 g/mol. The SMILES string of the molecule is CCCc1c(C(=O)O)nnn1Cc1noc(CC(C)C)n1. The third-order valence-corrected chi connectivity index (χ3v) is 2.91. The van der Waals surface area contributed by atoms with Crippen molar-refractivity contribution in [2.24, 2.45) is 5.92 Å². The van der Waals surface area contributed by atoms with E-state index in [4.69, 9.17) is 9.63 Å². The minimum atomic E-state index is -1.07. The Hall–Kier alpha value is -2.25. The molecule has 2 rings (SSSR count). The molecule has 0 unspecified atom stereocenters. The summed E-state index contributed by atoms with van der Waals surface area (Å²) in [5.41, 5.74) is 0.572. The van der Waals surface area contributed by atoms with E-state index in [0.29, 0.717) is 36.2 Å². The van der Waals surface area contributed by atoms with Crippen LogP contribution in [0.3, 0.4) is 0 Å². The topological polar surface area (TPSA) is 107 Å². The van der Waals surface area contributed by atoms with E-state index in [9.17, 15) is 4.79 Å². The number of hydrogen-bond acceptors (Lipinski definition) is 6. The van der Waals surface area contributed by atoms with Gasteiger partial charge >= 0.3 is 5.97 Å². The summed E-state index contributed by atoms with van der Waals surface area (Å²) in [5.74, 6) is 0.415. The number of nitrogens with zero attached hydrogens (tertiary/aromatic N) is 5. The lowest BCUT2D eigenvalue weighted by Crippen LogP contribution is -2.10. The summed E-state index contributed by atoms with van der Waals surface area (Å²) in [6.45, 7) is 6.37. The van der Waals surface area contributed by atoms with Gasteiger partial charge in [0.1, 0.15) is 6.54 Å². The van der Waals surface area contributed by atoms with E-state index in [0.717, 1.165) is 6.42 Å². The van der Waals surface area contributed by atoms with Crippen LogP contribution in [0, 0.1) is 5.92 Å². The van der Waals surface area contributed by atoms with Crippen molar-refractivity contribution in [1.29, 1.82) is 0 Å². The average molecular weight is 293 g/mol. The summed E-state index contributed by atoms with van der Waals surface area (Å²) in [7, 11) is 0. The van der Waals surface area contributed by atoms with Crippen LogP contribution in [-0.4, -0.2) is 36.2 Å². The molecule has 2 aromatic heterocycles. The van der Waals surface area contributed by atoms with Crippen LogP contribution >= 0.6 is 0 Å². The number of hydrogen-bond donors (Lipinski definition) is 1. The second-order valence-electron chi connectivity index (χ2n) is 5.30. The molecule has 0 amide bonds. The van der Waals surface area contributed by atoms with Crippen molar-refractivity contribution in [3.63, 3.8) is 0 Å². The number of rotatable bonds is 7. The standard InChI is InChI=1S/C13H19N5O3/c1-4-5-9-12(13(19)20)15-17-18(9)7-10-14-11(21-16-10)6-8(2)3/h8H,4-7H2,1-3H3,(H,19,20). The molecule has 8 heteroatoms. The molecule has 0 radical (unpaired) electrons. The van der Waals surface area contributed by atoms with Crippen LogP contribution in [0.1, 0.15) is 55.1 Å². The van der Waals surface area contributed by atoms with E-state index < -0.39 is 5.97 Å². The van der Waals surface area contributed by atoms with Gasteiger partial charge in [-0.1, -0.05) is 37.6 Å². The fourth-order valence-electron chi connectivity index (χ4n) is 2.03. The first-order valence-corrected chi connectivity index (χ1v) is 6.98. The van der Waals surface area contributed by atoms with Crippen molar-refractivity contribution in [3.05, 3.63) is 23.1 Å². The Morgan fingerprint density at radius 2 is 2.19 bits per heavy atom. The summed E-state index contributed by atoms with van der Waals surface area (Å²) in [4.78, 5) is 15.4. The van der Waals surface area contributed by atoms with Gasteiger partial charge in [0, 0.05) is 6.42 Å². The lowest BCUT2D eigenvalue weighted by molar-refractivity contribution is 0.0689. The Bertz CT molecular complexity index is 617. The van der Waals surface area contributed by atoms with Gasteiger partial charge in [-0.2, -0.15) is 4.98 Å². The zero-order chi connectivity index (χ0) is 15.4. The predicted octanol–water partition coefficient (Wildman–Crippen LogP) is 1.56. The molecule has 114 valence electrons. The van der Waals surface area contributed by atoms with Crippen molar-refractivity contribution in [2.45, 2.75) is 46.6 Å². The first kappa shape index (κ1) is 15.1. The number of aromatic nitrogens is 5. The minimum absolute atomic E-state index is 0.0113. The van der Waals surface area contributed by atoms with Gasteiger partial charge in [0.2, 0.25) is 5.89 Å². The van der Waals surface area contributed by atoms with E-state index in [1.54, 1.807) is 0 Å². The normalized spacial score (nSPS) is 11.2. The number of carboxylic acid groups (broad SMARTS) is 1. The van der Waals surface area contributed by atoms with Gasteiger partial charge in [-0.05, 0) is 12.3 Å². The maximum atomic E-state index is 11.1. The minimum Gasteiger partial charge on any atom is -0.476 e. The zero-order valence-electron chi connectivity index (χ0n) is 12.4. The molecule has 0 atom stereocenters. The first-order chi connectivity index (χ1) is 10.0. The average Bonchev–Trinajstić information content (AvgIpc) is 2.98. The summed E-state index contributed by atoms with van der Waals surface area (Å²) < 4.78 is 6.69. The lowest BCUT2D eigenvalue weighted by Gasteiger charge is -2.02. The molecule has 1 N–H and O–H groups in total. The molecule has 0 aliphatic rings. The molecular formula is C13H19N5O3. The molecule has 0 spiro atoms. The molecule has 0 aliphatic heterocycles. The second kappa shape index (κ2) is 6.47. The Kier molecular flexibility index (Phi) is 4.66. The highest BCUT2D eigenvalue weighted by molar-refractivity contribution is 5.86. The van der Waals surface area contributed by atoms with Crippen molar-refractivity contribution < 1.29 is 14.4 Å². The van der Waals surface area contributed by atoms with Gasteiger partial charge in [-0.15, -0.1) is 5.10 Å². The Balaban J connectivity index is 2.19. The van der Waals surface area contributed by atoms with Crippen LogP contribution in [0.2, 0.25) is 0 Å². The van der Waals surface area contributed by atoms with Crippen molar-refractivity contribution >= 4 is 5.97 Å². The van der Waals surface area contributed by atoms with Crippen LogP contribution in [-0.2, 0) is 19.4 Å². The van der Waals surface area contributed by atoms with Gasteiger partial charge in [0.25, 0.3) is 0 Å². The number of carboxylic acids is 1. The van der Waals surface area contributed by atoms with E-state index >= 15 is 0 Å². The van der Waals surface area contributed by atoms with Crippen molar-refractivity contribution in [1.82, 2.24) is 25.1 Å². The van der Waals surface area contributed by atoms with E-state index in [1.165, 1.54) is 4.68 Å². The fraction of sp³-hybridized carbons (Fsp3) is 0.615. The third-order valence-electron chi connectivity index (χ3n) is 2.91. The summed E-state index contributed by atoms with van der Waals surface area (Å²) in [6.07, 6.45) is 2.11. The maximum Gasteiger partial charge on any atom is 0.358 e. The van der Waals surface area contributed by atoms with Crippen LogP contribution in [0.5, 0.6) is 0 Å². The number of carbonyl (C=O) groups is 1. The zero-order valence-corrected chi connectivity index (χ0v) is 12.4. The molecule has 0 bridgehead atoms. The summed E-state index contributed by atoms with van der Waals surface area (Å²) in [5, 5.41) is 20.6. The predicted molar refractivity (Wildman–Crippen MR) is 72.9 cm³/mol. The Morgan fingerprint density at radius 1 is 1.43 bits per heavy atom. The molecule has 0 saturated carbocycles. The highest BCUT2D eigenvalue weighted by atomic mass is 16.5. The molecule has 8 nitrogen and oxygen atoms in total. The fourth-order valence-corrected chi connectivity index (χ4v) is 2.03. The van der Waals surface area contributed by atoms with Gasteiger partial charge in [-0.3, -0.25) is 0 Å². The molecule has 0 aliphatic carbocycles. The van der Waals surface area contributed by atoms with Gasteiger partial charge in [0.05, 0.1) is 5.69 Å². The van der Waals surface area contributed by atoms with Crippen LogP contribution in [0.4, 0.5) is 0 Å². The highest BCUT2D eigenvalue weighted by Gasteiger charge is 2.19. The van der Waals surface area contributed by atoms with Crippen LogP contribution in [0.25, 0.3) is 0 Å². The van der Waals surface area contributed by atoms with Gasteiger partial charge in [0.15, 0.2) is 11.5 Å². The third kappa shape index (κ3) is 3.65. The maximum absolute atomic E-state index is 11.1. The van der Waals surface area contributed by atoms with E-state index in [-0.39, 0.29) is 12.2 Å². The largest absolute Gasteiger partial charge is 0.476 e. The summed E-state index contributed by atoms with van der Waals surface area (Å²) >= 11 is 0. The quantitative estimate of drug-likeness (QED) is 0.825. The molecule has 0 saturated heterocycles. The molecular weight excluding hydrogens is 274 g/mol. The highest BCUT2D eigenvalue weighted by Crippen LogP contribution is 2.11. The van der Waals surface area contributed by atoms with E-state index in [1.807, 2.05) is 6.92 Å². The molecule has 21 heavy (non-hydrogen) atoms. The van der Waals surface area contributed by atoms with Crippen LogP contribution in [0.15, 0.2) is 4.52 Å². The first-order valence-electron chi connectivity index (χ1n) is 6.98. The molecule has 0 fully saturated rings. The van der Waals surface area contributed by atoms with Crippen LogP contribution < -0.4 is 0 Å². The van der Waals surface area contributed by atoms with E-state index in [2.05, 4.69) is 34.3 Å². The van der Waals surface area contributed by atoms with Crippen molar-refractivity contribution in [2.75, 3.05) is 0 Å². The molecule has 2 aromatic rings. The molecule has 2 heterocycles. The smallest absolute Gasteiger partial charge is 0.358 e. The van der Waals surface area contributed by atoms with Gasteiger partial charge in [-0.25, -0.2) is 9.48 Å². The lowest BCUT2D eigenvalue weighted by atomic mass is 10.1. The van der Waals surface area contributed by atoms with Gasteiger partial charge < -0.3 is 9.63 Å².